The summed E-state index contributed by atoms with van der Waals surface area (Å²) in [7, 11) is -6.19. The van der Waals surface area contributed by atoms with E-state index in [2.05, 4.69) is 4.72 Å². The minimum absolute atomic E-state index is 0.0121. The molecule has 1 aliphatic heterocycles. The van der Waals surface area contributed by atoms with Gasteiger partial charge >= 0.3 is 0 Å². The lowest BCUT2D eigenvalue weighted by Gasteiger charge is -2.38. The molecule has 0 unspecified atom stereocenters. The largest absolute Gasteiger partial charge is 0.488 e. The Morgan fingerprint density at radius 3 is 2.48 bits per heavy atom. The number of likely N-dealkylation sites (N-methyl/N-ethyl adjacent to an activating group) is 1. The van der Waals surface area contributed by atoms with Gasteiger partial charge in [0.25, 0.3) is 26.0 Å². The first-order valence-corrected chi connectivity index (χ1v) is 16.5. The Balaban J connectivity index is 1.68. The van der Waals surface area contributed by atoms with Crippen molar-refractivity contribution >= 4 is 43.0 Å². The quantitative estimate of drug-likeness (QED) is 0.381. The van der Waals surface area contributed by atoms with Crippen molar-refractivity contribution in [3.05, 3.63) is 71.1 Å². The predicted molar refractivity (Wildman–Crippen MR) is 154 cm³/mol. The molecule has 0 bridgehead atoms. The zero-order chi connectivity index (χ0) is 29.2. The highest BCUT2D eigenvalue weighted by Crippen LogP contribution is 2.32. The first-order valence-electron chi connectivity index (χ1n) is 12.7. The average Bonchev–Trinajstić information content (AvgIpc) is 3.47. The number of carbonyl (C=O) groups excluding carboxylic acids is 1. The molecule has 3 atom stereocenters. The van der Waals surface area contributed by atoms with Gasteiger partial charge in [-0.25, -0.2) is 16.8 Å². The number of anilines is 1. The van der Waals surface area contributed by atoms with Crippen LogP contribution in [-0.2, 0) is 20.0 Å². The lowest BCUT2D eigenvalue weighted by molar-refractivity contribution is 0.0387. The first-order chi connectivity index (χ1) is 18.8. The molecule has 1 aromatic heterocycles. The predicted octanol–water partition coefficient (Wildman–Crippen LogP) is 3.40. The van der Waals surface area contributed by atoms with Crippen LogP contribution in [0.1, 0.15) is 29.8 Å². The molecule has 1 amide bonds. The topological polar surface area (TPSA) is 133 Å². The van der Waals surface area contributed by atoms with Crippen molar-refractivity contribution in [2.24, 2.45) is 5.92 Å². The molecule has 2 N–H and O–H groups in total. The Morgan fingerprint density at radius 2 is 1.85 bits per heavy atom. The maximum atomic E-state index is 13.7. The fraction of sp³-hybridized carbons (Fsp3) is 0.370. The molecule has 0 fully saturated rings. The number of hydrogen-bond acceptors (Lipinski definition) is 8. The van der Waals surface area contributed by atoms with Gasteiger partial charge in [-0.05, 0) is 55.6 Å². The molecule has 2 aromatic carbocycles. The van der Waals surface area contributed by atoms with Gasteiger partial charge in [-0.2, -0.15) is 4.31 Å². The third-order valence-corrected chi connectivity index (χ3v) is 11.4. The minimum atomic E-state index is -3.93. The Hall–Kier alpha value is -2.97. The van der Waals surface area contributed by atoms with Crippen molar-refractivity contribution in [2.75, 3.05) is 31.5 Å². The molecule has 216 valence electrons. The van der Waals surface area contributed by atoms with Gasteiger partial charge in [-0.1, -0.05) is 30.7 Å². The second kappa shape index (κ2) is 11.9. The number of hydrogen-bond donors (Lipinski definition) is 2. The van der Waals surface area contributed by atoms with Gasteiger partial charge in [0, 0.05) is 25.2 Å². The molecule has 40 heavy (non-hydrogen) atoms. The number of aryl methyl sites for hydroxylation is 1. The molecule has 0 spiro atoms. The number of nitrogens with zero attached hydrogens (tertiary/aromatic N) is 2. The van der Waals surface area contributed by atoms with Crippen molar-refractivity contribution in [2.45, 2.75) is 42.0 Å². The Bertz CT molecular complexity index is 1560. The molecular formula is C27H33N3O7S3. The van der Waals surface area contributed by atoms with E-state index in [-0.39, 0.29) is 51.7 Å². The van der Waals surface area contributed by atoms with Gasteiger partial charge in [0.05, 0.1) is 29.7 Å². The fourth-order valence-electron chi connectivity index (χ4n) is 4.35. The fourth-order valence-corrected chi connectivity index (χ4v) is 7.78. The van der Waals surface area contributed by atoms with E-state index in [9.17, 15) is 26.7 Å². The van der Waals surface area contributed by atoms with Gasteiger partial charge in [-0.3, -0.25) is 9.52 Å². The lowest BCUT2D eigenvalue weighted by Crippen LogP contribution is -2.50. The number of rotatable bonds is 9. The van der Waals surface area contributed by atoms with E-state index in [1.807, 2.05) is 13.8 Å². The number of thiophene rings is 1. The molecule has 2 heterocycles. The smallest absolute Gasteiger partial charge is 0.261 e. The van der Waals surface area contributed by atoms with Gasteiger partial charge in [-0.15, -0.1) is 11.3 Å². The van der Waals surface area contributed by atoms with Crippen molar-refractivity contribution < 1.29 is 31.5 Å². The maximum absolute atomic E-state index is 13.7. The molecule has 3 aromatic rings. The Morgan fingerprint density at radius 1 is 1.15 bits per heavy atom. The summed E-state index contributed by atoms with van der Waals surface area (Å²) in [6.07, 6.45) is -0.643. The van der Waals surface area contributed by atoms with Crippen LogP contribution in [0.2, 0.25) is 0 Å². The van der Waals surface area contributed by atoms with E-state index in [1.165, 1.54) is 52.7 Å². The summed E-state index contributed by atoms with van der Waals surface area (Å²) in [6, 6.07) is 13.4. The van der Waals surface area contributed by atoms with E-state index in [1.54, 1.807) is 30.5 Å². The van der Waals surface area contributed by atoms with Crippen LogP contribution >= 0.6 is 11.3 Å². The van der Waals surface area contributed by atoms with Gasteiger partial charge in [0.2, 0.25) is 0 Å². The highest BCUT2D eigenvalue weighted by Gasteiger charge is 2.35. The summed E-state index contributed by atoms with van der Waals surface area (Å²) in [4.78, 5) is 15.2. The van der Waals surface area contributed by atoms with E-state index in [0.717, 1.165) is 16.9 Å². The van der Waals surface area contributed by atoms with Crippen LogP contribution in [0.25, 0.3) is 0 Å². The van der Waals surface area contributed by atoms with Crippen LogP contribution in [0, 0.1) is 12.8 Å². The molecule has 1 aliphatic rings. The van der Waals surface area contributed by atoms with Crippen molar-refractivity contribution in [1.29, 1.82) is 0 Å². The maximum Gasteiger partial charge on any atom is 0.261 e. The summed E-state index contributed by atoms with van der Waals surface area (Å²) in [6.45, 7) is 5.34. The van der Waals surface area contributed by atoms with Crippen LogP contribution in [-0.4, -0.2) is 75.9 Å². The number of fused-ring (bicyclic) bond motifs is 1. The summed E-state index contributed by atoms with van der Waals surface area (Å²) < 4.78 is 62.3. The van der Waals surface area contributed by atoms with E-state index in [4.69, 9.17) is 4.74 Å². The summed E-state index contributed by atoms with van der Waals surface area (Å²) in [5.74, 6) is -0.540. The molecule has 0 aliphatic carbocycles. The summed E-state index contributed by atoms with van der Waals surface area (Å²) in [5.41, 5.74) is 1.18. The standard InChI is InChI=1S/C27H33N3O7S3/c1-18-7-10-22(11-8-18)39(33,34)28-21-9-12-24-23(14-21)27(32)30(20(3)17-31)15-19(2)25(37-24)16-29(4)40(35,36)26-6-5-13-38-26/h5-14,19-20,25,28,31H,15-17H2,1-4H3/t19-,20+,25+/m1/s1. The number of amides is 1. The number of ether oxygens (including phenoxy) is 1. The second-order valence-electron chi connectivity index (χ2n) is 9.97. The van der Waals surface area contributed by atoms with Crippen molar-refractivity contribution in [3.63, 3.8) is 0 Å². The number of sulfonamides is 2. The molecule has 13 heteroatoms. The minimum Gasteiger partial charge on any atom is -0.488 e. The summed E-state index contributed by atoms with van der Waals surface area (Å²) in [5, 5.41) is 11.6. The number of aliphatic hydroxyl groups excluding tert-OH is 1. The zero-order valence-corrected chi connectivity index (χ0v) is 25.1. The third-order valence-electron chi connectivity index (χ3n) is 6.84. The van der Waals surface area contributed by atoms with E-state index in [0.29, 0.717) is 0 Å². The van der Waals surface area contributed by atoms with Gasteiger partial charge in [0.1, 0.15) is 16.1 Å². The van der Waals surface area contributed by atoms with Crippen LogP contribution in [0.4, 0.5) is 5.69 Å². The van der Waals surface area contributed by atoms with E-state index >= 15 is 0 Å². The molecule has 10 nitrogen and oxygen atoms in total. The SMILES string of the molecule is Cc1ccc(S(=O)(=O)Nc2ccc3c(c2)C(=O)N([C@@H](C)CO)C[C@@H](C)[C@H](CN(C)S(=O)(=O)c2cccs2)O3)cc1. The van der Waals surface area contributed by atoms with Gasteiger partial charge < -0.3 is 14.7 Å². The van der Waals surface area contributed by atoms with Crippen LogP contribution in [0.3, 0.4) is 0 Å². The first kappa shape index (κ1) is 30.0. The number of carbonyl (C=O) groups is 1. The number of nitrogens with one attached hydrogen (secondary N) is 1. The highest BCUT2D eigenvalue weighted by molar-refractivity contribution is 7.92. The lowest BCUT2D eigenvalue weighted by atomic mass is 9.99. The Kier molecular flexibility index (Phi) is 8.90. The third kappa shape index (κ3) is 6.33. The molecule has 0 radical (unpaired) electrons. The molecule has 0 saturated carbocycles. The van der Waals surface area contributed by atoms with Crippen molar-refractivity contribution in [3.8, 4) is 5.75 Å². The van der Waals surface area contributed by atoms with Crippen LogP contribution in [0.15, 0.2) is 69.1 Å². The van der Waals surface area contributed by atoms with Gasteiger partial charge in [0.15, 0.2) is 0 Å². The van der Waals surface area contributed by atoms with Crippen molar-refractivity contribution in [1.82, 2.24) is 9.21 Å². The highest BCUT2D eigenvalue weighted by atomic mass is 32.2. The monoisotopic (exact) mass is 607 g/mol. The number of benzene rings is 2. The van der Waals surface area contributed by atoms with Crippen LogP contribution in [0.5, 0.6) is 5.75 Å². The van der Waals surface area contributed by atoms with Crippen LogP contribution < -0.4 is 9.46 Å². The summed E-state index contributed by atoms with van der Waals surface area (Å²) >= 11 is 1.12. The molecule has 0 saturated heterocycles. The van der Waals surface area contributed by atoms with E-state index < -0.39 is 38.1 Å². The normalized spacial score (nSPS) is 18.9. The molecular weight excluding hydrogens is 575 g/mol. The average molecular weight is 608 g/mol. The second-order valence-corrected chi connectivity index (χ2v) is 14.9. The Labute approximate surface area is 239 Å². The zero-order valence-electron chi connectivity index (χ0n) is 22.6. The number of aliphatic hydroxyl groups is 1. The molecule has 4 rings (SSSR count).